The Hall–Kier alpha value is -2.18. The molecule has 0 saturated heterocycles. The molecule has 0 atom stereocenters. The predicted octanol–water partition coefficient (Wildman–Crippen LogP) is 2.23. The van der Waals surface area contributed by atoms with Gasteiger partial charge in [0.25, 0.3) is 0 Å². The second-order valence-electron chi connectivity index (χ2n) is 6.21. The van der Waals surface area contributed by atoms with E-state index in [-0.39, 0.29) is 23.0 Å². The van der Waals surface area contributed by atoms with Crippen molar-refractivity contribution in [3.8, 4) is 0 Å². The summed E-state index contributed by atoms with van der Waals surface area (Å²) in [6.07, 6.45) is -0.0457. The van der Waals surface area contributed by atoms with E-state index in [2.05, 4.69) is 10.2 Å². The van der Waals surface area contributed by atoms with Crippen molar-refractivity contribution in [2.45, 2.75) is 24.4 Å². The number of hydrogen-bond acceptors (Lipinski definition) is 4. The van der Waals surface area contributed by atoms with E-state index in [1.54, 1.807) is 30.3 Å². The summed E-state index contributed by atoms with van der Waals surface area (Å²) in [6.45, 7) is 1.26. The molecule has 2 aromatic rings. The van der Waals surface area contributed by atoms with Crippen LogP contribution in [0.4, 0.5) is 0 Å². The molecule has 0 unspecified atom stereocenters. The van der Waals surface area contributed by atoms with Crippen LogP contribution < -0.4 is 5.32 Å². The molecule has 134 valence electrons. The zero-order valence-corrected chi connectivity index (χ0v) is 15.4. The van der Waals surface area contributed by atoms with Gasteiger partial charge >= 0.3 is 0 Å². The molecule has 0 aliphatic heterocycles. The highest BCUT2D eigenvalue weighted by molar-refractivity contribution is 7.91. The largest absolute Gasteiger partial charge is 0.352 e. The normalized spacial score (nSPS) is 11.5. The Labute approximate surface area is 149 Å². The SMILES string of the molecule is CN(C)Cc1ccc(CNC(=O)CCS(=O)(=O)c2ccccc2)cc1. The average Bonchev–Trinajstić information content (AvgIpc) is 2.60. The van der Waals surface area contributed by atoms with Crippen LogP contribution in [-0.2, 0) is 27.7 Å². The molecular formula is C19H24N2O3S. The molecule has 5 nitrogen and oxygen atoms in total. The highest BCUT2D eigenvalue weighted by atomic mass is 32.2. The lowest BCUT2D eigenvalue weighted by atomic mass is 10.1. The van der Waals surface area contributed by atoms with Crippen molar-refractivity contribution in [3.05, 3.63) is 65.7 Å². The van der Waals surface area contributed by atoms with E-state index in [0.29, 0.717) is 6.54 Å². The van der Waals surface area contributed by atoms with Crippen LogP contribution in [0.1, 0.15) is 17.5 Å². The van der Waals surface area contributed by atoms with Crippen LogP contribution in [0, 0.1) is 0 Å². The minimum Gasteiger partial charge on any atom is -0.352 e. The van der Waals surface area contributed by atoms with Gasteiger partial charge in [-0.15, -0.1) is 0 Å². The number of nitrogens with zero attached hydrogens (tertiary/aromatic N) is 1. The summed E-state index contributed by atoms with van der Waals surface area (Å²) in [5.41, 5.74) is 2.19. The van der Waals surface area contributed by atoms with E-state index in [9.17, 15) is 13.2 Å². The van der Waals surface area contributed by atoms with Crippen LogP contribution in [0.2, 0.25) is 0 Å². The first-order valence-electron chi connectivity index (χ1n) is 8.14. The number of amides is 1. The van der Waals surface area contributed by atoms with E-state index in [1.165, 1.54) is 5.56 Å². The van der Waals surface area contributed by atoms with Crippen molar-refractivity contribution >= 4 is 15.7 Å². The quantitative estimate of drug-likeness (QED) is 0.784. The van der Waals surface area contributed by atoms with Crippen LogP contribution >= 0.6 is 0 Å². The second-order valence-corrected chi connectivity index (χ2v) is 8.32. The Balaban J connectivity index is 1.81. The van der Waals surface area contributed by atoms with Gasteiger partial charge in [-0.1, -0.05) is 42.5 Å². The van der Waals surface area contributed by atoms with Crippen LogP contribution in [0.5, 0.6) is 0 Å². The minimum absolute atomic E-state index is 0.0457. The molecule has 0 aliphatic carbocycles. The second kappa shape index (κ2) is 8.78. The van der Waals surface area contributed by atoms with Gasteiger partial charge in [-0.25, -0.2) is 8.42 Å². The Morgan fingerprint density at radius 1 is 0.960 bits per heavy atom. The number of sulfone groups is 1. The molecule has 0 radical (unpaired) electrons. The van der Waals surface area contributed by atoms with Gasteiger partial charge in [-0.05, 0) is 37.4 Å². The van der Waals surface area contributed by atoms with Gasteiger partial charge < -0.3 is 10.2 Å². The summed E-state index contributed by atoms with van der Waals surface area (Å²) >= 11 is 0. The molecule has 0 fully saturated rings. The maximum absolute atomic E-state index is 12.2. The van der Waals surface area contributed by atoms with Gasteiger partial charge in [-0.3, -0.25) is 4.79 Å². The molecule has 0 spiro atoms. The Bertz CT molecular complexity index is 785. The first-order valence-corrected chi connectivity index (χ1v) is 9.79. The fraction of sp³-hybridized carbons (Fsp3) is 0.316. The molecule has 1 amide bonds. The first-order chi connectivity index (χ1) is 11.9. The van der Waals surface area contributed by atoms with E-state index in [0.717, 1.165) is 12.1 Å². The van der Waals surface area contributed by atoms with Gasteiger partial charge in [0, 0.05) is 19.5 Å². The average molecular weight is 360 g/mol. The fourth-order valence-electron chi connectivity index (χ4n) is 2.39. The zero-order chi connectivity index (χ0) is 18.3. The summed E-state index contributed by atoms with van der Waals surface area (Å²) in [5.74, 6) is -0.457. The summed E-state index contributed by atoms with van der Waals surface area (Å²) in [7, 11) is 0.602. The topological polar surface area (TPSA) is 66.5 Å². The Morgan fingerprint density at radius 2 is 1.56 bits per heavy atom. The van der Waals surface area contributed by atoms with Crippen molar-refractivity contribution < 1.29 is 13.2 Å². The molecule has 0 bridgehead atoms. The van der Waals surface area contributed by atoms with E-state index in [4.69, 9.17) is 0 Å². The zero-order valence-electron chi connectivity index (χ0n) is 14.6. The summed E-state index contributed by atoms with van der Waals surface area (Å²) < 4.78 is 24.3. The van der Waals surface area contributed by atoms with Crippen LogP contribution in [0.3, 0.4) is 0 Å². The molecule has 6 heteroatoms. The standard InChI is InChI=1S/C19H24N2O3S/c1-21(2)15-17-10-8-16(9-11-17)14-20-19(22)12-13-25(23,24)18-6-4-3-5-7-18/h3-11H,12-15H2,1-2H3,(H,20,22). The number of rotatable bonds is 8. The van der Waals surface area contributed by atoms with Crippen LogP contribution in [-0.4, -0.2) is 39.1 Å². The van der Waals surface area contributed by atoms with Crippen molar-refractivity contribution in [2.24, 2.45) is 0 Å². The molecule has 2 aromatic carbocycles. The number of hydrogen-bond donors (Lipinski definition) is 1. The molecule has 0 saturated carbocycles. The van der Waals surface area contributed by atoms with Crippen LogP contribution in [0.15, 0.2) is 59.5 Å². The molecule has 0 aromatic heterocycles. The van der Waals surface area contributed by atoms with Crippen molar-refractivity contribution in [1.82, 2.24) is 10.2 Å². The lowest BCUT2D eigenvalue weighted by Gasteiger charge is -2.10. The number of benzene rings is 2. The van der Waals surface area contributed by atoms with E-state index in [1.807, 2.05) is 38.4 Å². The van der Waals surface area contributed by atoms with E-state index >= 15 is 0 Å². The van der Waals surface area contributed by atoms with Gasteiger partial charge in [0.15, 0.2) is 9.84 Å². The molecule has 0 aliphatic rings. The number of carbonyl (C=O) groups is 1. The smallest absolute Gasteiger partial charge is 0.221 e. The lowest BCUT2D eigenvalue weighted by Crippen LogP contribution is -2.25. The van der Waals surface area contributed by atoms with Crippen molar-refractivity contribution in [3.63, 3.8) is 0 Å². The lowest BCUT2D eigenvalue weighted by molar-refractivity contribution is -0.120. The van der Waals surface area contributed by atoms with Gasteiger partial charge in [-0.2, -0.15) is 0 Å². The molecule has 25 heavy (non-hydrogen) atoms. The number of carbonyl (C=O) groups excluding carboxylic acids is 1. The van der Waals surface area contributed by atoms with Gasteiger partial charge in [0.1, 0.15) is 0 Å². The van der Waals surface area contributed by atoms with Crippen molar-refractivity contribution in [2.75, 3.05) is 19.8 Å². The summed E-state index contributed by atoms with van der Waals surface area (Å²) in [6, 6.07) is 16.2. The maximum atomic E-state index is 12.2. The summed E-state index contributed by atoms with van der Waals surface area (Å²) in [4.78, 5) is 14.3. The fourth-order valence-corrected chi connectivity index (χ4v) is 3.65. The molecule has 1 N–H and O–H groups in total. The van der Waals surface area contributed by atoms with E-state index < -0.39 is 9.84 Å². The summed E-state index contributed by atoms with van der Waals surface area (Å²) in [5, 5.41) is 2.77. The maximum Gasteiger partial charge on any atom is 0.221 e. The third kappa shape index (κ3) is 6.32. The highest BCUT2D eigenvalue weighted by Crippen LogP contribution is 2.11. The molecule has 0 heterocycles. The third-order valence-electron chi connectivity index (χ3n) is 3.71. The van der Waals surface area contributed by atoms with Crippen molar-refractivity contribution in [1.29, 1.82) is 0 Å². The number of nitrogens with one attached hydrogen (secondary N) is 1. The predicted molar refractivity (Wildman–Crippen MR) is 98.8 cm³/mol. The molecular weight excluding hydrogens is 336 g/mol. The Kier molecular flexibility index (Phi) is 6.73. The monoisotopic (exact) mass is 360 g/mol. The van der Waals surface area contributed by atoms with Gasteiger partial charge in [0.05, 0.1) is 10.6 Å². The third-order valence-corrected chi connectivity index (χ3v) is 5.44. The van der Waals surface area contributed by atoms with Gasteiger partial charge in [0.2, 0.25) is 5.91 Å². The highest BCUT2D eigenvalue weighted by Gasteiger charge is 2.15. The minimum atomic E-state index is -3.42. The van der Waals surface area contributed by atoms with Crippen LogP contribution in [0.25, 0.3) is 0 Å². The first kappa shape index (κ1) is 19.1. The Morgan fingerprint density at radius 3 is 2.16 bits per heavy atom. The molecule has 2 rings (SSSR count).